The molecule has 0 saturated heterocycles. The third kappa shape index (κ3) is 2.48. The largest absolute Gasteiger partial charge is 0.508 e. The Labute approximate surface area is 105 Å². The summed E-state index contributed by atoms with van der Waals surface area (Å²) in [7, 11) is 0. The van der Waals surface area contributed by atoms with Crippen LogP contribution in [0.3, 0.4) is 0 Å². The molecule has 0 radical (unpaired) electrons. The standard InChI is InChI=1S/C14H13NO3/c1-10-3-2-4-14(16)13(10)9-11-5-7-12(8-6-11)15(17)18/h2-8,16H,9H2,1H3. The monoisotopic (exact) mass is 243 g/mol. The fourth-order valence-electron chi connectivity index (χ4n) is 1.86. The van der Waals surface area contributed by atoms with Crippen LogP contribution in [0.25, 0.3) is 0 Å². The van der Waals surface area contributed by atoms with E-state index < -0.39 is 4.92 Å². The molecule has 2 aromatic carbocycles. The number of benzene rings is 2. The van der Waals surface area contributed by atoms with Gasteiger partial charge in [0.15, 0.2) is 0 Å². The number of hydrogen-bond acceptors (Lipinski definition) is 3. The first kappa shape index (κ1) is 12.1. The van der Waals surface area contributed by atoms with Crippen LogP contribution >= 0.6 is 0 Å². The molecular formula is C14H13NO3. The van der Waals surface area contributed by atoms with Gasteiger partial charge in [-0.1, -0.05) is 24.3 Å². The van der Waals surface area contributed by atoms with Gasteiger partial charge in [-0.3, -0.25) is 10.1 Å². The van der Waals surface area contributed by atoms with Crippen molar-refractivity contribution in [1.82, 2.24) is 0 Å². The number of nitro benzene ring substituents is 1. The zero-order chi connectivity index (χ0) is 13.1. The van der Waals surface area contributed by atoms with Gasteiger partial charge in [-0.15, -0.1) is 0 Å². The minimum atomic E-state index is -0.422. The quantitative estimate of drug-likeness (QED) is 0.665. The predicted molar refractivity (Wildman–Crippen MR) is 68.7 cm³/mol. The van der Waals surface area contributed by atoms with Crippen LogP contribution in [-0.4, -0.2) is 10.0 Å². The van der Waals surface area contributed by atoms with Crippen LogP contribution in [0, 0.1) is 17.0 Å². The lowest BCUT2D eigenvalue weighted by Gasteiger charge is -2.08. The zero-order valence-electron chi connectivity index (χ0n) is 9.96. The molecule has 0 bridgehead atoms. The molecule has 0 unspecified atom stereocenters. The van der Waals surface area contributed by atoms with Crippen molar-refractivity contribution in [2.45, 2.75) is 13.3 Å². The van der Waals surface area contributed by atoms with E-state index in [-0.39, 0.29) is 11.4 Å². The van der Waals surface area contributed by atoms with E-state index >= 15 is 0 Å². The molecule has 0 amide bonds. The highest BCUT2D eigenvalue weighted by atomic mass is 16.6. The summed E-state index contributed by atoms with van der Waals surface area (Å²) < 4.78 is 0. The lowest BCUT2D eigenvalue weighted by atomic mass is 9.99. The van der Waals surface area contributed by atoms with Crippen LogP contribution in [0.4, 0.5) is 5.69 Å². The first-order chi connectivity index (χ1) is 8.58. The molecule has 4 heteroatoms. The molecular weight excluding hydrogens is 230 g/mol. The highest BCUT2D eigenvalue weighted by molar-refractivity contribution is 5.43. The van der Waals surface area contributed by atoms with E-state index in [1.165, 1.54) is 12.1 Å². The van der Waals surface area contributed by atoms with Gasteiger partial charge < -0.3 is 5.11 Å². The van der Waals surface area contributed by atoms with E-state index in [1.807, 2.05) is 13.0 Å². The van der Waals surface area contributed by atoms with Crippen molar-refractivity contribution in [1.29, 1.82) is 0 Å². The van der Waals surface area contributed by atoms with Gasteiger partial charge >= 0.3 is 0 Å². The van der Waals surface area contributed by atoms with Crippen LogP contribution in [0.2, 0.25) is 0 Å². The third-order valence-corrected chi connectivity index (χ3v) is 2.91. The molecule has 0 atom stereocenters. The lowest BCUT2D eigenvalue weighted by Crippen LogP contribution is -1.93. The van der Waals surface area contributed by atoms with Gasteiger partial charge in [0.2, 0.25) is 0 Å². The van der Waals surface area contributed by atoms with Gasteiger partial charge in [-0.2, -0.15) is 0 Å². The summed E-state index contributed by atoms with van der Waals surface area (Å²) in [5.41, 5.74) is 2.87. The molecule has 0 aromatic heterocycles. The molecule has 2 aromatic rings. The molecule has 0 saturated carbocycles. The van der Waals surface area contributed by atoms with Gasteiger partial charge in [-0.05, 0) is 24.1 Å². The number of aryl methyl sites for hydroxylation is 1. The van der Waals surface area contributed by atoms with Crippen LogP contribution in [-0.2, 0) is 6.42 Å². The molecule has 4 nitrogen and oxygen atoms in total. The number of phenolic OH excluding ortho intramolecular Hbond substituents is 1. The van der Waals surface area contributed by atoms with E-state index in [4.69, 9.17) is 0 Å². The number of aromatic hydroxyl groups is 1. The van der Waals surface area contributed by atoms with Crippen LogP contribution in [0.5, 0.6) is 5.75 Å². The second-order valence-electron chi connectivity index (χ2n) is 4.17. The van der Waals surface area contributed by atoms with E-state index in [9.17, 15) is 15.2 Å². The van der Waals surface area contributed by atoms with E-state index in [0.29, 0.717) is 6.42 Å². The number of phenols is 1. The average molecular weight is 243 g/mol. The Morgan fingerprint density at radius 1 is 1.17 bits per heavy atom. The Balaban J connectivity index is 2.26. The number of nitrogens with zero attached hydrogens (tertiary/aromatic N) is 1. The van der Waals surface area contributed by atoms with Crippen molar-refractivity contribution in [3.63, 3.8) is 0 Å². The van der Waals surface area contributed by atoms with E-state index in [1.54, 1.807) is 24.3 Å². The first-order valence-electron chi connectivity index (χ1n) is 5.58. The fraction of sp³-hybridized carbons (Fsp3) is 0.143. The molecule has 0 heterocycles. The van der Waals surface area contributed by atoms with Gasteiger partial charge in [0.25, 0.3) is 5.69 Å². The Bertz CT molecular complexity index is 556. The normalized spacial score (nSPS) is 10.3. The minimum absolute atomic E-state index is 0.0766. The SMILES string of the molecule is Cc1cccc(O)c1Cc1ccc([N+](=O)[O-])cc1. The van der Waals surface area contributed by atoms with Crippen molar-refractivity contribution >= 4 is 5.69 Å². The second-order valence-corrected chi connectivity index (χ2v) is 4.17. The van der Waals surface area contributed by atoms with Crippen LogP contribution < -0.4 is 0 Å². The Kier molecular flexibility index (Phi) is 3.28. The summed E-state index contributed by atoms with van der Waals surface area (Å²) in [4.78, 5) is 10.1. The maximum atomic E-state index is 10.5. The smallest absolute Gasteiger partial charge is 0.269 e. The second kappa shape index (κ2) is 4.87. The molecule has 0 fully saturated rings. The van der Waals surface area contributed by atoms with Crippen molar-refractivity contribution < 1.29 is 10.0 Å². The van der Waals surface area contributed by atoms with Gasteiger partial charge in [0.1, 0.15) is 5.75 Å². The van der Waals surface area contributed by atoms with Gasteiger partial charge in [0, 0.05) is 24.1 Å². The summed E-state index contributed by atoms with van der Waals surface area (Å²) in [6, 6.07) is 11.8. The van der Waals surface area contributed by atoms with E-state index in [0.717, 1.165) is 16.7 Å². The highest BCUT2D eigenvalue weighted by Gasteiger charge is 2.08. The molecule has 0 aliphatic heterocycles. The highest BCUT2D eigenvalue weighted by Crippen LogP contribution is 2.24. The number of non-ortho nitro benzene ring substituents is 1. The van der Waals surface area contributed by atoms with Crippen molar-refractivity contribution in [3.8, 4) is 5.75 Å². The number of nitro groups is 1. The van der Waals surface area contributed by atoms with Crippen LogP contribution in [0.1, 0.15) is 16.7 Å². The summed E-state index contributed by atoms with van der Waals surface area (Å²) in [6.07, 6.45) is 0.566. The Morgan fingerprint density at radius 2 is 1.83 bits per heavy atom. The molecule has 0 spiro atoms. The summed E-state index contributed by atoms with van der Waals surface area (Å²) in [6.45, 7) is 1.93. The fourth-order valence-corrected chi connectivity index (χ4v) is 1.86. The van der Waals surface area contributed by atoms with Gasteiger partial charge in [-0.25, -0.2) is 0 Å². The molecule has 18 heavy (non-hydrogen) atoms. The molecule has 0 aliphatic rings. The maximum Gasteiger partial charge on any atom is 0.269 e. The van der Waals surface area contributed by atoms with Crippen molar-refractivity contribution in [2.24, 2.45) is 0 Å². The maximum absolute atomic E-state index is 10.5. The summed E-state index contributed by atoms with van der Waals surface area (Å²) in [5, 5.41) is 20.3. The predicted octanol–water partition coefficient (Wildman–Crippen LogP) is 3.20. The molecule has 1 N–H and O–H groups in total. The number of rotatable bonds is 3. The Hall–Kier alpha value is -2.36. The Morgan fingerprint density at radius 3 is 2.39 bits per heavy atom. The topological polar surface area (TPSA) is 63.4 Å². The number of hydrogen-bond donors (Lipinski definition) is 1. The average Bonchev–Trinajstić information content (AvgIpc) is 2.34. The summed E-state index contributed by atoms with van der Waals surface area (Å²) in [5.74, 6) is 0.258. The van der Waals surface area contributed by atoms with Crippen molar-refractivity contribution in [2.75, 3.05) is 0 Å². The molecule has 2 rings (SSSR count). The van der Waals surface area contributed by atoms with Crippen LogP contribution in [0.15, 0.2) is 42.5 Å². The minimum Gasteiger partial charge on any atom is -0.508 e. The third-order valence-electron chi connectivity index (χ3n) is 2.91. The lowest BCUT2D eigenvalue weighted by molar-refractivity contribution is -0.384. The zero-order valence-corrected chi connectivity index (χ0v) is 9.96. The first-order valence-corrected chi connectivity index (χ1v) is 5.58. The van der Waals surface area contributed by atoms with Crippen molar-refractivity contribution in [3.05, 3.63) is 69.3 Å². The van der Waals surface area contributed by atoms with E-state index in [2.05, 4.69) is 0 Å². The van der Waals surface area contributed by atoms with Gasteiger partial charge in [0.05, 0.1) is 4.92 Å². The molecule has 92 valence electrons. The molecule has 0 aliphatic carbocycles. The summed E-state index contributed by atoms with van der Waals surface area (Å²) >= 11 is 0.